The van der Waals surface area contributed by atoms with E-state index < -0.39 is 12.1 Å². The van der Waals surface area contributed by atoms with Crippen LogP contribution in [0.2, 0.25) is 0 Å². The van der Waals surface area contributed by atoms with Gasteiger partial charge in [-0.05, 0) is 6.92 Å². The summed E-state index contributed by atoms with van der Waals surface area (Å²) >= 11 is 0. The van der Waals surface area contributed by atoms with Crippen LogP contribution in [0.4, 0.5) is 0 Å². The predicted molar refractivity (Wildman–Crippen MR) is 67.6 cm³/mol. The number of nitrogens with one attached hydrogen (secondary N) is 2. The number of likely N-dealkylation sites (N-methyl/N-ethyl adjacent to an activating group) is 1. The fourth-order valence-electron chi connectivity index (χ4n) is 2.31. The van der Waals surface area contributed by atoms with Crippen LogP contribution < -0.4 is 10.6 Å². The van der Waals surface area contributed by atoms with Gasteiger partial charge in [-0.15, -0.1) is 0 Å². The van der Waals surface area contributed by atoms with E-state index in [1.165, 1.54) is 0 Å². The van der Waals surface area contributed by atoms with Crippen molar-refractivity contribution in [3.05, 3.63) is 0 Å². The van der Waals surface area contributed by atoms with Crippen molar-refractivity contribution in [2.45, 2.75) is 19.1 Å². The summed E-state index contributed by atoms with van der Waals surface area (Å²) in [6.07, 6.45) is -0.580. The van der Waals surface area contributed by atoms with Crippen LogP contribution >= 0.6 is 0 Å². The number of carbonyl (C=O) groups is 2. The van der Waals surface area contributed by atoms with E-state index in [4.69, 9.17) is 9.47 Å². The van der Waals surface area contributed by atoms with Gasteiger partial charge in [0.1, 0.15) is 6.04 Å². The Labute approximate surface area is 112 Å². The first-order valence-electron chi connectivity index (χ1n) is 6.72. The molecule has 2 saturated heterocycles. The maximum absolute atomic E-state index is 12.4. The number of rotatable bonds is 3. The number of piperazine rings is 1. The fraction of sp³-hybridized carbons (Fsp3) is 0.833. The minimum absolute atomic E-state index is 0.125. The van der Waals surface area contributed by atoms with Crippen LogP contribution in [-0.4, -0.2) is 74.9 Å². The molecule has 2 atom stereocenters. The van der Waals surface area contributed by atoms with E-state index in [1.54, 1.807) is 4.90 Å². The molecule has 2 aliphatic rings. The Morgan fingerprint density at radius 1 is 1.42 bits per heavy atom. The molecule has 2 rings (SSSR count). The van der Waals surface area contributed by atoms with Crippen molar-refractivity contribution in [2.24, 2.45) is 0 Å². The van der Waals surface area contributed by atoms with Crippen LogP contribution in [0.25, 0.3) is 0 Å². The van der Waals surface area contributed by atoms with E-state index in [2.05, 4.69) is 10.6 Å². The summed E-state index contributed by atoms with van der Waals surface area (Å²) in [6, 6.07) is -0.466. The summed E-state index contributed by atoms with van der Waals surface area (Å²) in [5.74, 6) is -0.280. The van der Waals surface area contributed by atoms with Gasteiger partial charge >= 0.3 is 0 Å². The molecular weight excluding hydrogens is 250 g/mol. The normalized spacial score (nSPS) is 27.9. The van der Waals surface area contributed by atoms with Crippen LogP contribution in [0.15, 0.2) is 0 Å². The Morgan fingerprint density at radius 3 is 2.95 bits per heavy atom. The monoisotopic (exact) mass is 271 g/mol. The van der Waals surface area contributed by atoms with Gasteiger partial charge in [-0.25, -0.2) is 0 Å². The molecule has 0 aromatic rings. The summed E-state index contributed by atoms with van der Waals surface area (Å²) in [6.45, 7) is 5.31. The van der Waals surface area contributed by atoms with E-state index >= 15 is 0 Å². The van der Waals surface area contributed by atoms with E-state index in [9.17, 15) is 9.59 Å². The van der Waals surface area contributed by atoms with Gasteiger partial charge in [0.15, 0.2) is 6.10 Å². The first-order valence-corrected chi connectivity index (χ1v) is 6.72. The maximum atomic E-state index is 12.4. The third-order valence-corrected chi connectivity index (χ3v) is 3.27. The third kappa shape index (κ3) is 3.43. The zero-order valence-corrected chi connectivity index (χ0v) is 11.2. The van der Waals surface area contributed by atoms with Crippen molar-refractivity contribution in [3.63, 3.8) is 0 Å². The lowest BCUT2D eigenvalue weighted by molar-refractivity contribution is -0.163. The molecule has 108 valence electrons. The molecule has 2 fully saturated rings. The molecule has 0 bridgehead atoms. The molecule has 0 aromatic carbocycles. The van der Waals surface area contributed by atoms with Gasteiger partial charge in [0.25, 0.3) is 5.91 Å². The second-order valence-electron chi connectivity index (χ2n) is 4.58. The van der Waals surface area contributed by atoms with Crippen molar-refractivity contribution in [2.75, 3.05) is 46.0 Å². The van der Waals surface area contributed by atoms with Crippen molar-refractivity contribution < 1.29 is 19.1 Å². The van der Waals surface area contributed by atoms with Crippen LogP contribution in [0, 0.1) is 0 Å². The summed E-state index contributed by atoms with van der Waals surface area (Å²) in [4.78, 5) is 26.0. The van der Waals surface area contributed by atoms with Gasteiger partial charge in [-0.1, -0.05) is 0 Å². The van der Waals surface area contributed by atoms with E-state index in [0.29, 0.717) is 39.4 Å². The molecule has 0 saturated carbocycles. The van der Waals surface area contributed by atoms with Crippen molar-refractivity contribution in [1.82, 2.24) is 15.5 Å². The number of hydrogen-bond acceptors (Lipinski definition) is 5. The summed E-state index contributed by atoms with van der Waals surface area (Å²) in [5.41, 5.74) is 0. The van der Waals surface area contributed by atoms with Gasteiger partial charge in [-0.3, -0.25) is 9.59 Å². The van der Waals surface area contributed by atoms with Gasteiger partial charge in [0.2, 0.25) is 5.91 Å². The smallest absolute Gasteiger partial charge is 0.254 e. The van der Waals surface area contributed by atoms with Crippen LogP contribution in [0.3, 0.4) is 0 Å². The van der Waals surface area contributed by atoms with E-state index in [1.807, 2.05) is 6.92 Å². The Hall–Kier alpha value is -1.18. The zero-order valence-electron chi connectivity index (χ0n) is 11.2. The molecule has 19 heavy (non-hydrogen) atoms. The molecule has 0 spiro atoms. The molecule has 0 aromatic heterocycles. The number of ether oxygens (including phenoxy) is 2. The first-order chi connectivity index (χ1) is 9.24. The summed E-state index contributed by atoms with van der Waals surface area (Å²) in [5, 5.41) is 5.89. The Bertz CT molecular complexity index is 331. The van der Waals surface area contributed by atoms with Crippen LogP contribution in [0.5, 0.6) is 0 Å². The highest BCUT2D eigenvalue weighted by Gasteiger charge is 2.36. The SMILES string of the molecule is CCNC(=O)C1CNCCN1C(=O)C1COCCO1. The number of carbonyl (C=O) groups excluding carboxylic acids is 2. The van der Waals surface area contributed by atoms with Crippen LogP contribution in [0.1, 0.15) is 6.92 Å². The lowest BCUT2D eigenvalue weighted by Crippen LogP contribution is -2.62. The third-order valence-electron chi connectivity index (χ3n) is 3.27. The van der Waals surface area contributed by atoms with Gasteiger partial charge in [0, 0.05) is 26.2 Å². The van der Waals surface area contributed by atoms with E-state index in [-0.39, 0.29) is 18.4 Å². The van der Waals surface area contributed by atoms with Crippen molar-refractivity contribution in [1.29, 1.82) is 0 Å². The Kier molecular flexibility index (Phi) is 5.12. The molecule has 7 nitrogen and oxygen atoms in total. The van der Waals surface area contributed by atoms with Gasteiger partial charge < -0.3 is 25.0 Å². The Morgan fingerprint density at radius 2 is 2.26 bits per heavy atom. The second kappa shape index (κ2) is 6.83. The predicted octanol–water partition coefficient (Wildman–Crippen LogP) is -1.66. The standard InChI is InChI=1S/C12H21N3O4/c1-2-14-11(16)9-7-13-3-4-15(9)12(17)10-8-18-5-6-19-10/h9-10,13H,2-8H2,1H3,(H,14,16). The molecule has 7 heteroatoms. The molecule has 2 aliphatic heterocycles. The molecule has 2 amide bonds. The Balaban J connectivity index is 2.01. The number of amides is 2. The fourth-order valence-corrected chi connectivity index (χ4v) is 2.31. The zero-order chi connectivity index (χ0) is 13.7. The van der Waals surface area contributed by atoms with Crippen LogP contribution in [-0.2, 0) is 19.1 Å². The minimum atomic E-state index is -0.580. The molecular formula is C12H21N3O4. The largest absolute Gasteiger partial charge is 0.376 e. The molecule has 2 unspecified atom stereocenters. The first kappa shape index (κ1) is 14.2. The topological polar surface area (TPSA) is 79.9 Å². The van der Waals surface area contributed by atoms with Gasteiger partial charge in [-0.2, -0.15) is 0 Å². The lowest BCUT2D eigenvalue weighted by atomic mass is 10.1. The lowest BCUT2D eigenvalue weighted by Gasteiger charge is -2.37. The molecule has 0 aliphatic carbocycles. The van der Waals surface area contributed by atoms with Gasteiger partial charge in [0.05, 0.1) is 19.8 Å². The highest BCUT2D eigenvalue weighted by molar-refractivity contribution is 5.90. The maximum Gasteiger partial charge on any atom is 0.254 e. The average Bonchev–Trinajstić information content (AvgIpc) is 2.47. The molecule has 2 heterocycles. The summed E-state index contributed by atoms with van der Waals surface area (Å²) < 4.78 is 10.7. The van der Waals surface area contributed by atoms with Crippen molar-refractivity contribution >= 4 is 11.8 Å². The summed E-state index contributed by atoms with van der Waals surface area (Å²) in [7, 11) is 0. The highest BCUT2D eigenvalue weighted by Crippen LogP contribution is 2.11. The van der Waals surface area contributed by atoms with Crippen molar-refractivity contribution in [3.8, 4) is 0 Å². The minimum Gasteiger partial charge on any atom is -0.376 e. The average molecular weight is 271 g/mol. The second-order valence-corrected chi connectivity index (χ2v) is 4.58. The number of hydrogen-bond donors (Lipinski definition) is 2. The highest BCUT2D eigenvalue weighted by atomic mass is 16.6. The molecule has 2 N–H and O–H groups in total. The molecule has 0 radical (unpaired) electrons. The number of nitrogens with zero attached hydrogens (tertiary/aromatic N) is 1. The van der Waals surface area contributed by atoms with E-state index in [0.717, 1.165) is 0 Å². The quantitative estimate of drug-likeness (QED) is 0.642.